The minimum atomic E-state index is 0. The fraction of sp³-hybridized carbons (Fsp3) is 0. The second kappa shape index (κ2) is 22.4. The molecule has 0 amide bonds. The van der Waals surface area contributed by atoms with Gasteiger partial charge in [0.1, 0.15) is 0 Å². The molecule has 0 aliphatic heterocycles. The first-order chi connectivity index (χ1) is 0. The molecule has 0 aromatic heterocycles. The van der Waals surface area contributed by atoms with Crippen molar-refractivity contribution in [3.8, 4) is 0 Å². The standard InChI is InChI=1S/Ba.K.Li.Na.Sr. The summed E-state index contributed by atoms with van der Waals surface area (Å²) >= 11 is 0. The predicted octanol–water partition coefficient (Wildman–Crippen LogP) is -1.90. The molecular formula is BaKLiNaSr. The van der Waals surface area contributed by atoms with E-state index in [0.717, 1.165) is 0 Å². The fourth-order valence-electron chi connectivity index (χ4n) is 0. The Morgan fingerprint density at radius 1 is 1.00 bits per heavy atom. The molecule has 0 aromatic rings. The van der Waals surface area contributed by atoms with E-state index in [1.165, 1.54) is 0 Å². The average Bonchev–Trinajstić information content (AvgIpc) is 0. The molecule has 0 aliphatic carbocycles. The van der Waals surface area contributed by atoms with E-state index >= 15 is 0 Å². The zero-order valence-corrected chi connectivity index (χ0v) is 17.5. The molecule has 0 saturated carbocycles. The second-order valence-electron chi connectivity index (χ2n) is 0. The Kier molecular flexibility index (Phi) is 136. The van der Waals surface area contributed by atoms with Crippen LogP contribution in [-0.4, -0.2) is 194 Å². The number of rotatable bonds is 0. The fourth-order valence-corrected chi connectivity index (χ4v) is 0. The maximum absolute atomic E-state index is 0. The molecule has 0 bridgehead atoms. The Morgan fingerprint density at radius 2 is 1.00 bits per heavy atom. The average molecular weight is 294 g/mol. The van der Waals surface area contributed by atoms with Gasteiger partial charge in [0.15, 0.2) is 0 Å². The van der Waals surface area contributed by atoms with Gasteiger partial charge < -0.3 is 0 Å². The van der Waals surface area contributed by atoms with Crippen LogP contribution in [0.5, 0.6) is 0 Å². The molecule has 0 N–H and O–H groups in total. The maximum Gasteiger partial charge on any atom is 0 e. The van der Waals surface area contributed by atoms with E-state index in [1.807, 2.05) is 0 Å². The molecule has 0 rings (SSSR count). The third-order valence-electron chi connectivity index (χ3n) is 0. The van der Waals surface area contributed by atoms with E-state index in [9.17, 15) is 0 Å². The van der Waals surface area contributed by atoms with Crippen LogP contribution in [0.25, 0.3) is 0 Å². The smallest absolute Gasteiger partial charge is 0 e. The molecule has 5 heavy (non-hydrogen) atoms. The van der Waals surface area contributed by atoms with Crippen molar-refractivity contribution in [2.45, 2.75) is 0 Å². The molecule has 5 heteroatoms. The van der Waals surface area contributed by atoms with Crippen molar-refractivity contribution >= 4 is 194 Å². The first-order valence-corrected chi connectivity index (χ1v) is 0. The first-order valence-electron chi connectivity index (χ1n) is 0. The Bertz CT molecular complexity index is 11.6. The minimum absolute atomic E-state index is 0. The van der Waals surface area contributed by atoms with Crippen molar-refractivity contribution in [3.63, 3.8) is 0 Å². The Hall–Kier alpha value is 6.29. The summed E-state index contributed by atoms with van der Waals surface area (Å²) in [5.74, 6) is 0. The molecule has 0 unspecified atom stereocenters. The third-order valence-corrected chi connectivity index (χ3v) is 0. The minimum Gasteiger partial charge on any atom is 0 e. The van der Waals surface area contributed by atoms with Gasteiger partial charge in [0.25, 0.3) is 0 Å². The summed E-state index contributed by atoms with van der Waals surface area (Å²) in [5, 5.41) is 0. The van der Waals surface area contributed by atoms with Crippen LogP contribution in [-0.2, 0) is 0 Å². The van der Waals surface area contributed by atoms with E-state index in [0.29, 0.717) is 0 Å². The van der Waals surface area contributed by atoms with E-state index in [4.69, 9.17) is 0 Å². The maximum atomic E-state index is 0. The number of hydrogen-bond acceptors (Lipinski definition) is 0. The summed E-state index contributed by atoms with van der Waals surface area (Å²) in [5.41, 5.74) is 0. The summed E-state index contributed by atoms with van der Waals surface area (Å²) in [6, 6.07) is 0. The van der Waals surface area contributed by atoms with Crippen LogP contribution in [0.15, 0.2) is 0 Å². The quantitative estimate of drug-likeness (QED) is 0.458. The summed E-state index contributed by atoms with van der Waals surface area (Å²) in [7, 11) is 0. The van der Waals surface area contributed by atoms with Crippen LogP contribution < -0.4 is 0 Å². The van der Waals surface area contributed by atoms with E-state index < -0.39 is 0 Å². The largest absolute Gasteiger partial charge is 0 e. The Labute approximate surface area is 187 Å². The molecule has 0 aliphatic rings. The summed E-state index contributed by atoms with van der Waals surface area (Å²) < 4.78 is 0. The molecule has 0 heterocycles. The third kappa shape index (κ3) is 17.9. The van der Waals surface area contributed by atoms with Gasteiger partial charge in [-0.05, 0) is 0 Å². The molecule has 0 nitrogen and oxygen atoms in total. The summed E-state index contributed by atoms with van der Waals surface area (Å²) in [6.45, 7) is 0. The van der Waals surface area contributed by atoms with Crippen LogP contribution in [0.2, 0.25) is 0 Å². The molecule has 0 atom stereocenters. The van der Waals surface area contributed by atoms with Gasteiger partial charge in [0.2, 0.25) is 0 Å². The van der Waals surface area contributed by atoms with Crippen molar-refractivity contribution in [2.24, 2.45) is 0 Å². The Balaban J connectivity index is 0. The van der Waals surface area contributed by atoms with Crippen molar-refractivity contribution in [1.82, 2.24) is 0 Å². The van der Waals surface area contributed by atoms with Gasteiger partial charge in [-0.3, -0.25) is 0 Å². The van der Waals surface area contributed by atoms with Gasteiger partial charge in [-0.15, -0.1) is 0 Å². The molecular weight excluding hydrogens is 294 g/mol. The zero-order valence-electron chi connectivity index (χ0n) is 4.41. The monoisotopic (exact) mass is 295 g/mol. The van der Waals surface area contributed by atoms with Crippen LogP contribution in [0, 0.1) is 0 Å². The van der Waals surface area contributed by atoms with E-state index in [2.05, 4.69) is 0 Å². The number of hydrogen-bond donors (Lipinski definition) is 0. The van der Waals surface area contributed by atoms with Crippen molar-refractivity contribution < 1.29 is 0 Å². The van der Waals surface area contributed by atoms with Gasteiger partial charge in [-0.2, -0.15) is 0 Å². The molecule has 0 aromatic carbocycles. The van der Waals surface area contributed by atoms with Crippen LogP contribution in [0.3, 0.4) is 0 Å². The van der Waals surface area contributed by atoms with Crippen molar-refractivity contribution in [2.75, 3.05) is 0 Å². The van der Waals surface area contributed by atoms with Gasteiger partial charge in [0, 0.05) is 194 Å². The predicted molar refractivity (Wildman–Crippen MR) is 28.8 cm³/mol. The van der Waals surface area contributed by atoms with Crippen LogP contribution in [0.1, 0.15) is 0 Å². The molecule has 0 spiro atoms. The second-order valence-corrected chi connectivity index (χ2v) is 0. The molecule has 7 radical (unpaired) electrons. The Morgan fingerprint density at radius 3 is 1.00 bits per heavy atom. The summed E-state index contributed by atoms with van der Waals surface area (Å²) in [4.78, 5) is 0. The summed E-state index contributed by atoms with van der Waals surface area (Å²) in [6.07, 6.45) is 0. The van der Waals surface area contributed by atoms with E-state index in [1.54, 1.807) is 0 Å². The van der Waals surface area contributed by atoms with E-state index in [-0.39, 0.29) is 194 Å². The van der Waals surface area contributed by atoms with Crippen LogP contribution in [0.4, 0.5) is 0 Å². The van der Waals surface area contributed by atoms with Crippen molar-refractivity contribution in [1.29, 1.82) is 0 Å². The normalized spacial score (nSPS) is 0. The first kappa shape index (κ1) is 30.2. The molecule has 0 saturated heterocycles. The van der Waals surface area contributed by atoms with Crippen molar-refractivity contribution in [3.05, 3.63) is 0 Å². The topological polar surface area (TPSA) is 0 Å². The zero-order chi connectivity index (χ0) is 0. The van der Waals surface area contributed by atoms with Gasteiger partial charge in [-0.1, -0.05) is 0 Å². The van der Waals surface area contributed by atoms with Crippen LogP contribution >= 0.6 is 0 Å². The molecule has 7 valence electrons. The van der Waals surface area contributed by atoms with Gasteiger partial charge in [0.05, 0.1) is 0 Å². The van der Waals surface area contributed by atoms with Gasteiger partial charge in [-0.25, -0.2) is 0 Å². The SMILES string of the molecule is [Ba].[K].[Li].[Na].[Sr]. The molecule has 0 fully saturated rings. The van der Waals surface area contributed by atoms with Gasteiger partial charge >= 0.3 is 0 Å².